The minimum atomic E-state index is -3.90. The maximum Gasteiger partial charge on any atom is 0.263 e. The summed E-state index contributed by atoms with van der Waals surface area (Å²) in [5, 5.41) is 4.72. The third-order valence-corrected chi connectivity index (χ3v) is 6.47. The Labute approximate surface area is 172 Å². The Morgan fingerprint density at radius 1 is 0.963 bits per heavy atom. The Kier molecular flexibility index (Phi) is 5.72. The third-order valence-electron chi connectivity index (χ3n) is 3.91. The number of halogens is 3. The van der Waals surface area contributed by atoms with Crippen LogP contribution in [0.3, 0.4) is 0 Å². The summed E-state index contributed by atoms with van der Waals surface area (Å²) < 4.78 is 29.6. The first-order chi connectivity index (χ1) is 12.7. The summed E-state index contributed by atoms with van der Waals surface area (Å²) in [6.07, 6.45) is 0. The number of rotatable bonds is 5. The molecule has 0 aliphatic rings. The Hall–Kier alpha value is -1.73. The molecule has 0 aliphatic heterocycles. The largest absolute Gasteiger partial charge is 0.280 e. The van der Waals surface area contributed by atoms with Crippen LogP contribution in [0.2, 0.25) is 15.1 Å². The molecule has 0 saturated carbocycles. The van der Waals surface area contributed by atoms with E-state index < -0.39 is 10.0 Å². The summed E-state index contributed by atoms with van der Waals surface area (Å²) >= 11 is 17.8. The SMILES string of the molecule is Cc1cc(C)n(Cc2ccc(NS(=O)(=O)c3cc(Cl)c(Cl)cc3Cl)cc2)n1. The molecule has 0 saturated heterocycles. The van der Waals surface area contributed by atoms with Crippen LogP contribution in [0, 0.1) is 13.8 Å². The van der Waals surface area contributed by atoms with Crippen LogP contribution in [0.15, 0.2) is 47.4 Å². The van der Waals surface area contributed by atoms with E-state index in [-0.39, 0.29) is 20.0 Å². The van der Waals surface area contributed by atoms with E-state index in [4.69, 9.17) is 34.8 Å². The molecule has 0 bridgehead atoms. The lowest BCUT2D eigenvalue weighted by molar-refractivity contribution is 0.601. The van der Waals surface area contributed by atoms with Crippen molar-refractivity contribution in [3.63, 3.8) is 0 Å². The van der Waals surface area contributed by atoms with Gasteiger partial charge in [-0.05, 0) is 49.7 Å². The van der Waals surface area contributed by atoms with Gasteiger partial charge in [0.2, 0.25) is 0 Å². The molecule has 2 aromatic carbocycles. The molecule has 142 valence electrons. The maximum absolute atomic E-state index is 12.6. The van der Waals surface area contributed by atoms with Gasteiger partial charge in [-0.3, -0.25) is 9.40 Å². The highest BCUT2D eigenvalue weighted by Crippen LogP contribution is 2.32. The monoisotopic (exact) mass is 443 g/mol. The van der Waals surface area contributed by atoms with Crippen molar-refractivity contribution >= 4 is 50.5 Å². The highest BCUT2D eigenvalue weighted by molar-refractivity contribution is 7.92. The Bertz CT molecular complexity index is 1090. The zero-order chi connectivity index (χ0) is 19.8. The number of sulfonamides is 1. The highest BCUT2D eigenvalue weighted by Gasteiger charge is 2.20. The van der Waals surface area contributed by atoms with Gasteiger partial charge in [-0.2, -0.15) is 5.10 Å². The first-order valence-corrected chi connectivity index (χ1v) is 10.5. The van der Waals surface area contributed by atoms with Crippen molar-refractivity contribution in [3.8, 4) is 0 Å². The van der Waals surface area contributed by atoms with Crippen LogP contribution in [-0.4, -0.2) is 18.2 Å². The molecule has 0 spiro atoms. The molecular formula is C18H16Cl3N3O2S. The number of aryl methyl sites for hydroxylation is 2. The van der Waals surface area contributed by atoms with E-state index in [1.165, 1.54) is 12.1 Å². The minimum absolute atomic E-state index is 0.00181. The molecule has 1 heterocycles. The molecule has 0 fully saturated rings. The highest BCUT2D eigenvalue weighted by atomic mass is 35.5. The van der Waals surface area contributed by atoms with Crippen molar-refractivity contribution in [1.29, 1.82) is 0 Å². The van der Waals surface area contributed by atoms with Gasteiger partial charge in [-0.25, -0.2) is 8.42 Å². The molecule has 3 aromatic rings. The fourth-order valence-electron chi connectivity index (χ4n) is 2.61. The van der Waals surface area contributed by atoms with E-state index in [1.807, 2.05) is 36.7 Å². The van der Waals surface area contributed by atoms with Gasteiger partial charge in [0.15, 0.2) is 0 Å². The molecule has 5 nitrogen and oxygen atoms in total. The number of benzene rings is 2. The van der Waals surface area contributed by atoms with Crippen molar-refractivity contribution < 1.29 is 8.42 Å². The summed E-state index contributed by atoms with van der Waals surface area (Å²) in [6.45, 7) is 4.53. The average Bonchev–Trinajstić information content (AvgIpc) is 2.89. The Balaban J connectivity index is 1.80. The molecule has 0 unspecified atom stereocenters. The van der Waals surface area contributed by atoms with Crippen molar-refractivity contribution in [3.05, 3.63) is 74.5 Å². The molecule has 1 aromatic heterocycles. The van der Waals surface area contributed by atoms with Gasteiger partial charge in [0, 0.05) is 11.4 Å². The summed E-state index contributed by atoms with van der Waals surface area (Å²) in [5.41, 5.74) is 3.42. The quantitative estimate of drug-likeness (QED) is 0.542. The molecule has 0 aliphatic carbocycles. The lowest BCUT2D eigenvalue weighted by Gasteiger charge is -2.11. The number of anilines is 1. The molecule has 1 N–H and O–H groups in total. The fraction of sp³-hybridized carbons (Fsp3) is 0.167. The predicted octanol–water partition coefficient (Wildman–Crippen LogP) is 5.31. The van der Waals surface area contributed by atoms with Crippen LogP contribution in [0.5, 0.6) is 0 Å². The molecule has 9 heteroatoms. The molecule has 0 amide bonds. The summed E-state index contributed by atoms with van der Waals surface area (Å²) in [5.74, 6) is 0. The van der Waals surface area contributed by atoms with Crippen LogP contribution in [0.25, 0.3) is 0 Å². The van der Waals surface area contributed by atoms with Gasteiger partial charge in [-0.1, -0.05) is 46.9 Å². The maximum atomic E-state index is 12.6. The van der Waals surface area contributed by atoms with Gasteiger partial charge in [-0.15, -0.1) is 0 Å². The van der Waals surface area contributed by atoms with E-state index in [9.17, 15) is 8.42 Å². The van der Waals surface area contributed by atoms with Gasteiger partial charge in [0.1, 0.15) is 4.90 Å². The van der Waals surface area contributed by atoms with Gasteiger partial charge in [0.05, 0.1) is 27.3 Å². The van der Waals surface area contributed by atoms with Gasteiger partial charge >= 0.3 is 0 Å². The minimum Gasteiger partial charge on any atom is -0.280 e. The van der Waals surface area contributed by atoms with Gasteiger partial charge < -0.3 is 0 Å². The Morgan fingerprint density at radius 2 is 1.59 bits per heavy atom. The van der Waals surface area contributed by atoms with Crippen LogP contribution in [-0.2, 0) is 16.6 Å². The van der Waals surface area contributed by atoms with Crippen molar-refractivity contribution in [2.24, 2.45) is 0 Å². The normalized spacial score (nSPS) is 11.6. The first-order valence-electron chi connectivity index (χ1n) is 7.93. The van der Waals surface area contributed by atoms with Crippen molar-refractivity contribution in [1.82, 2.24) is 9.78 Å². The third kappa shape index (κ3) is 4.58. The van der Waals surface area contributed by atoms with Crippen LogP contribution in [0.1, 0.15) is 17.0 Å². The average molecular weight is 445 g/mol. The Morgan fingerprint density at radius 3 is 2.19 bits per heavy atom. The summed E-state index contributed by atoms with van der Waals surface area (Å²) in [7, 11) is -3.90. The second-order valence-electron chi connectivity index (χ2n) is 6.08. The predicted molar refractivity (Wildman–Crippen MR) is 110 cm³/mol. The second kappa shape index (κ2) is 7.72. The van der Waals surface area contributed by atoms with E-state index in [2.05, 4.69) is 9.82 Å². The van der Waals surface area contributed by atoms with E-state index in [1.54, 1.807) is 12.1 Å². The fourth-order valence-corrected chi connectivity index (χ4v) is 4.67. The molecule has 0 radical (unpaired) electrons. The molecular weight excluding hydrogens is 429 g/mol. The van der Waals surface area contributed by atoms with Crippen LogP contribution < -0.4 is 4.72 Å². The lowest BCUT2D eigenvalue weighted by Crippen LogP contribution is -2.13. The second-order valence-corrected chi connectivity index (χ2v) is 8.96. The molecule has 3 rings (SSSR count). The number of hydrogen-bond acceptors (Lipinski definition) is 3. The number of aromatic nitrogens is 2. The summed E-state index contributed by atoms with van der Waals surface area (Å²) in [4.78, 5) is -0.134. The van der Waals surface area contributed by atoms with E-state index in [0.29, 0.717) is 12.2 Å². The first kappa shape index (κ1) is 20.0. The lowest BCUT2D eigenvalue weighted by atomic mass is 10.2. The van der Waals surface area contributed by atoms with Crippen LogP contribution >= 0.6 is 34.8 Å². The molecule has 27 heavy (non-hydrogen) atoms. The van der Waals surface area contributed by atoms with Crippen molar-refractivity contribution in [2.45, 2.75) is 25.3 Å². The number of nitrogens with one attached hydrogen (secondary N) is 1. The van der Waals surface area contributed by atoms with Crippen LogP contribution in [0.4, 0.5) is 5.69 Å². The topological polar surface area (TPSA) is 64.0 Å². The van der Waals surface area contributed by atoms with E-state index >= 15 is 0 Å². The number of hydrogen-bond donors (Lipinski definition) is 1. The summed E-state index contributed by atoms with van der Waals surface area (Å²) in [6, 6.07) is 11.6. The van der Waals surface area contributed by atoms with Crippen molar-refractivity contribution in [2.75, 3.05) is 4.72 Å². The smallest absolute Gasteiger partial charge is 0.263 e. The molecule has 0 atom stereocenters. The zero-order valence-electron chi connectivity index (χ0n) is 14.5. The number of nitrogens with zero attached hydrogens (tertiary/aromatic N) is 2. The zero-order valence-corrected chi connectivity index (χ0v) is 17.6. The van der Waals surface area contributed by atoms with Gasteiger partial charge in [0.25, 0.3) is 10.0 Å². The standard InChI is InChI=1S/C18H16Cl3N3O2S/c1-11-7-12(2)24(22-11)10-13-3-5-14(6-4-13)23-27(25,26)18-9-16(20)15(19)8-17(18)21/h3-9,23H,10H2,1-2H3. The van der Waals surface area contributed by atoms with E-state index in [0.717, 1.165) is 17.0 Å².